The molecular formula is C18H13NO3. The Bertz CT molecular complexity index is 770. The van der Waals surface area contributed by atoms with E-state index in [-0.39, 0.29) is 19.2 Å². The van der Waals surface area contributed by atoms with Gasteiger partial charge in [0.25, 0.3) is 0 Å². The van der Waals surface area contributed by atoms with Crippen LogP contribution in [0.3, 0.4) is 0 Å². The van der Waals surface area contributed by atoms with Crippen LogP contribution in [0.4, 0.5) is 0 Å². The van der Waals surface area contributed by atoms with Gasteiger partial charge >= 0.3 is 5.97 Å². The van der Waals surface area contributed by atoms with E-state index in [0.717, 1.165) is 16.9 Å². The smallest absolute Gasteiger partial charge is 0.337 e. The molecule has 0 aliphatic carbocycles. The third-order valence-corrected chi connectivity index (χ3v) is 3.35. The highest BCUT2D eigenvalue weighted by Crippen LogP contribution is 2.26. The van der Waals surface area contributed by atoms with Gasteiger partial charge in [-0.2, -0.15) is 5.26 Å². The van der Waals surface area contributed by atoms with Gasteiger partial charge in [0, 0.05) is 5.56 Å². The second kappa shape index (κ2) is 6.15. The Morgan fingerprint density at radius 1 is 1.18 bits per heavy atom. The third-order valence-electron chi connectivity index (χ3n) is 3.35. The van der Waals surface area contributed by atoms with E-state index in [9.17, 15) is 4.79 Å². The molecule has 2 aromatic rings. The molecule has 0 unspecified atom stereocenters. The lowest BCUT2D eigenvalue weighted by Crippen LogP contribution is -2.17. The van der Waals surface area contributed by atoms with Gasteiger partial charge in [-0.25, -0.2) is 4.79 Å². The summed E-state index contributed by atoms with van der Waals surface area (Å²) in [5, 5.41) is 8.74. The summed E-state index contributed by atoms with van der Waals surface area (Å²) in [6, 6.07) is 16.5. The van der Waals surface area contributed by atoms with Crippen LogP contribution in [0.5, 0.6) is 5.75 Å². The zero-order valence-electron chi connectivity index (χ0n) is 11.8. The lowest BCUT2D eigenvalue weighted by molar-refractivity contribution is -0.140. The predicted octanol–water partition coefficient (Wildman–Crippen LogP) is 3.08. The van der Waals surface area contributed by atoms with Gasteiger partial charge in [-0.15, -0.1) is 0 Å². The number of hydrogen-bond donors (Lipinski definition) is 0. The van der Waals surface area contributed by atoms with Crippen molar-refractivity contribution in [1.82, 2.24) is 0 Å². The third kappa shape index (κ3) is 2.99. The molecule has 0 spiro atoms. The van der Waals surface area contributed by atoms with Gasteiger partial charge in [-0.3, -0.25) is 0 Å². The summed E-state index contributed by atoms with van der Waals surface area (Å²) in [5.74, 6) is 0.380. The number of carbonyl (C=O) groups is 1. The fourth-order valence-corrected chi connectivity index (χ4v) is 2.15. The van der Waals surface area contributed by atoms with Crippen molar-refractivity contribution in [1.29, 1.82) is 5.26 Å². The highest BCUT2D eigenvalue weighted by Gasteiger charge is 2.18. The van der Waals surface area contributed by atoms with E-state index in [0.29, 0.717) is 11.1 Å². The lowest BCUT2D eigenvalue weighted by atomic mass is 10.1. The van der Waals surface area contributed by atoms with Crippen LogP contribution in [-0.2, 0) is 16.1 Å². The molecule has 1 aliphatic heterocycles. The summed E-state index contributed by atoms with van der Waals surface area (Å²) in [6.07, 6.45) is 1.79. The minimum absolute atomic E-state index is 0.170. The Morgan fingerprint density at radius 3 is 2.73 bits per heavy atom. The number of benzene rings is 2. The quantitative estimate of drug-likeness (QED) is 0.815. The molecule has 0 radical (unpaired) electrons. The van der Waals surface area contributed by atoms with Crippen LogP contribution in [0.2, 0.25) is 0 Å². The van der Waals surface area contributed by atoms with E-state index in [1.54, 1.807) is 30.3 Å². The molecule has 0 amide bonds. The Balaban J connectivity index is 1.65. The minimum atomic E-state index is -0.390. The highest BCUT2D eigenvalue weighted by atomic mass is 16.5. The highest BCUT2D eigenvalue weighted by molar-refractivity contribution is 5.95. The molecule has 22 heavy (non-hydrogen) atoms. The van der Waals surface area contributed by atoms with Crippen molar-refractivity contribution in [2.45, 2.75) is 6.61 Å². The second-order valence-corrected chi connectivity index (χ2v) is 4.88. The van der Waals surface area contributed by atoms with Crippen molar-refractivity contribution < 1.29 is 14.3 Å². The number of rotatable bonds is 3. The van der Waals surface area contributed by atoms with E-state index in [1.807, 2.05) is 30.3 Å². The maximum absolute atomic E-state index is 12.1. The molecule has 0 bridgehead atoms. The van der Waals surface area contributed by atoms with Gasteiger partial charge in [0.15, 0.2) is 0 Å². The van der Waals surface area contributed by atoms with E-state index < -0.39 is 0 Å². The Hall–Kier alpha value is -3.06. The van der Waals surface area contributed by atoms with Crippen molar-refractivity contribution in [3.8, 4) is 11.8 Å². The number of esters is 1. The van der Waals surface area contributed by atoms with Crippen LogP contribution in [-0.4, -0.2) is 12.6 Å². The first-order valence-electron chi connectivity index (χ1n) is 6.85. The number of ether oxygens (including phenoxy) is 2. The summed E-state index contributed by atoms with van der Waals surface area (Å²) in [6.45, 7) is 0.382. The van der Waals surface area contributed by atoms with E-state index in [2.05, 4.69) is 0 Å². The van der Waals surface area contributed by atoms with Gasteiger partial charge in [-0.05, 0) is 29.8 Å². The summed E-state index contributed by atoms with van der Waals surface area (Å²) in [5.41, 5.74) is 2.78. The van der Waals surface area contributed by atoms with Crippen molar-refractivity contribution in [2.24, 2.45) is 0 Å². The molecule has 4 nitrogen and oxygen atoms in total. The summed E-state index contributed by atoms with van der Waals surface area (Å²) in [4.78, 5) is 12.1. The monoisotopic (exact) mass is 291 g/mol. The van der Waals surface area contributed by atoms with Crippen molar-refractivity contribution in [3.63, 3.8) is 0 Å². The molecule has 1 aliphatic rings. The van der Waals surface area contributed by atoms with Gasteiger partial charge in [0.1, 0.15) is 19.0 Å². The molecule has 0 atom stereocenters. The van der Waals surface area contributed by atoms with Gasteiger partial charge < -0.3 is 9.47 Å². The topological polar surface area (TPSA) is 59.3 Å². The van der Waals surface area contributed by atoms with Crippen LogP contribution in [0.1, 0.15) is 16.7 Å². The van der Waals surface area contributed by atoms with Crippen LogP contribution in [0.15, 0.2) is 54.1 Å². The maximum atomic E-state index is 12.1. The Kier molecular flexibility index (Phi) is 3.88. The Labute approximate surface area is 128 Å². The molecule has 1 heterocycles. The predicted molar refractivity (Wildman–Crippen MR) is 80.9 cm³/mol. The maximum Gasteiger partial charge on any atom is 0.337 e. The molecule has 108 valence electrons. The van der Waals surface area contributed by atoms with Gasteiger partial charge in [0.2, 0.25) is 0 Å². The average molecular weight is 291 g/mol. The molecule has 0 fully saturated rings. The average Bonchev–Trinajstić information content (AvgIpc) is 2.59. The number of carbonyl (C=O) groups excluding carboxylic acids is 1. The van der Waals surface area contributed by atoms with Crippen LogP contribution in [0, 0.1) is 11.3 Å². The fraction of sp³-hybridized carbons (Fsp3) is 0.111. The van der Waals surface area contributed by atoms with Gasteiger partial charge in [-0.1, -0.05) is 30.3 Å². The number of nitriles is 1. The van der Waals surface area contributed by atoms with E-state index in [1.165, 1.54) is 0 Å². The van der Waals surface area contributed by atoms with E-state index in [4.69, 9.17) is 14.7 Å². The number of fused-ring (bicyclic) bond motifs is 1. The largest absolute Gasteiger partial charge is 0.488 e. The molecule has 3 rings (SSSR count). The first kappa shape index (κ1) is 13.9. The number of para-hydroxylation sites is 1. The molecule has 0 saturated carbocycles. The van der Waals surface area contributed by atoms with Crippen LogP contribution in [0.25, 0.3) is 6.08 Å². The van der Waals surface area contributed by atoms with Gasteiger partial charge in [0.05, 0.1) is 17.2 Å². The van der Waals surface area contributed by atoms with Crippen LogP contribution < -0.4 is 4.74 Å². The summed E-state index contributed by atoms with van der Waals surface area (Å²) >= 11 is 0. The first-order valence-corrected chi connectivity index (χ1v) is 6.85. The summed E-state index contributed by atoms with van der Waals surface area (Å²) in [7, 11) is 0. The normalized spacial score (nSPS) is 12.4. The molecule has 0 N–H and O–H groups in total. The molecular weight excluding hydrogens is 278 g/mol. The van der Waals surface area contributed by atoms with E-state index >= 15 is 0 Å². The number of hydrogen-bond acceptors (Lipinski definition) is 4. The second-order valence-electron chi connectivity index (χ2n) is 4.88. The van der Waals surface area contributed by atoms with Crippen LogP contribution >= 0.6 is 0 Å². The summed E-state index contributed by atoms with van der Waals surface area (Å²) < 4.78 is 10.8. The molecule has 0 saturated heterocycles. The minimum Gasteiger partial charge on any atom is -0.488 e. The SMILES string of the molecule is N#Cc1ccc(COC(=O)C2=Cc3ccccc3OC2)cc1. The zero-order valence-corrected chi connectivity index (χ0v) is 11.8. The molecule has 4 heteroatoms. The molecule has 2 aromatic carbocycles. The fourth-order valence-electron chi connectivity index (χ4n) is 2.15. The Morgan fingerprint density at radius 2 is 1.95 bits per heavy atom. The molecule has 0 aromatic heterocycles. The lowest BCUT2D eigenvalue weighted by Gasteiger charge is -2.16. The van der Waals surface area contributed by atoms with Crippen molar-refractivity contribution in [3.05, 3.63) is 70.8 Å². The number of nitrogens with zero attached hydrogens (tertiary/aromatic N) is 1. The van der Waals surface area contributed by atoms with Crippen molar-refractivity contribution in [2.75, 3.05) is 6.61 Å². The van der Waals surface area contributed by atoms with Crippen molar-refractivity contribution >= 4 is 12.0 Å². The zero-order chi connectivity index (χ0) is 15.4. The standard InChI is InChI=1S/C18H13NO3/c19-10-13-5-7-14(8-6-13)11-22-18(20)16-9-15-3-1-2-4-17(15)21-12-16/h1-9H,11-12H2. The first-order chi connectivity index (χ1) is 10.8.